The molecule has 0 bridgehead atoms. The molecule has 3 aromatic rings. The molecule has 0 amide bonds. The highest BCUT2D eigenvalue weighted by atomic mass is 16.5. The van der Waals surface area contributed by atoms with Crippen molar-refractivity contribution in [1.29, 1.82) is 10.5 Å². The van der Waals surface area contributed by atoms with Gasteiger partial charge in [0.15, 0.2) is 0 Å². The van der Waals surface area contributed by atoms with Crippen LogP contribution in [0.2, 0.25) is 0 Å². The Balaban J connectivity index is 1.48. The minimum Gasteiger partial charge on any atom is -0.442 e. The van der Waals surface area contributed by atoms with Gasteiger partial charge in [-0.1, -0.05) is 80.6 Å². The number of benzene rings is 3. The van der Waals surface area contributed by atoms with Crippen molar-refractivity contribution in [1.82, 2.24) is 0 Å². The molecule has 34 heavy (non-hydrogen) atoms. The molecule has 5 heteroatoms. The van der Waals surface area contributed by atoms with Crippen LogP contribution >= 0.6 is 0 Å². The molecule has 5 nitrogen and oxygen atoms in total. The van der Waals surface area contributed by atoms with Crippen molar-refractivity contribution in [2.45, 2.75) is 20.0 Å². The lowest BCUT2D eigenvalue weighted by molar-refractivity contribution is -0.149. The molecule has 0 heterocycles. The summed E-state index contributed by atoms with van der Waals surface area (Å²) in [6, 6.07) is 30.7. The summed E-state index contributed by atoms with van der Waals surface area (Å²) in [6.07, 6.45) is 0.836. The molecule has 1 saturated carbocycles. The van der Waals surface area contributed by atoms with Gasteiger partial charge in [-0.15, -0.1) is 0 Å². The van der Waals surface area contributed by atoms with E-state index in [2.05, 4.69) is 17.5 Å². The third kappa shape index (κ3) is 4.85. The fraction of sp³-hybridized carbons (Fsp3) is 0.207. The average Bonchev–Trinajstić information content (AvgIpc) is 3.41. The van der Waals surface area contributed by atoms with Gasteiger partial charge >= 0.3 is 5.97 Å². The standard InChI is InChI=1S/C29H25N3O2/c1-29(2)25(17-22(18-30)20-10-5-3-6-11-20)27(29)28(33)34-26(19-31)21-12-9-15-24(16-21)32-23-13-7-4-8-14-23/h3-17,25-27,32H,1-2H3. The topological polar surface area (TPSA) is 85.9 Å². The quantitative estimate of drug-likeness (QED) is 0.334. The Bertz CT molecular complexity index is 1280. The van der Waals surface area contributed by atoms with Crippen molar-refractivity contribution < 1.29 is 9.53 Å². The summed E-state index contributed by atoms with van der Waals surface area (Å²) in [5, 5.41) is 22.7. The molecule has 0 aliphatic heterocycles. The number of nitrogens with one attached hydrogen (secondary N) is 1. The van der Waals surface area contributed by atoms with Gasteiger partial charge in [0.25, 0.3) is 0 Å². The number of hydrogen-bond donors (Lipinski definition) is 1. The molecule has 0 radical (unpaired) electrons. The maximum Gasteiger partial charge on any atom is 0.311 e. The second-order valence-corrected chi connectivity index (χ2v) is 8.95. The van der Waals surface area contributed by atoms with Crippen LogP contribution in [0.5, 0.6) is 0 Å². The number of nitriles is 2. The zero-order valence-corrected chi connectivity index (χ0v) is 19.1. The molecule has 0 saturated heterocycles. The molecule has 3 unspecified atom stereocenters. The van der Waals surface area contributed by atoms with E-state index in [9.17, 15) is 15.3 Å². The zero-order valence-electron chi connectivity index (χ0n) is 19.1. The van der Waals surface area contributed by atoms with E-state index in [0.29, 0.717) is 11.1 Å². The minimum atomic E-state index is -1.02. The average molecular weight is 448 g/mol. The van der Waals surface area contributed by atoms with Crippen LogP contribution in [0.3, 0.4) is 0 Å². The van der Waals surface area contributed by atoms with Gasteiger partial charge < -0.3 is 10.1 Å². The summed E-state index contributed by atoms with van der Waals surface area (Å²) in [4.78, 5) is 13.1. The number of rotatable bonds is 7. The lowest BCUT2D eigenvalue weighted by Gasteiger charge is -2.14. The van der Waals surface area contributed by atoms with Crippen molar-refractivity contribution in [3.8, 4) is 12.1 Å². The molecule has 1 aliphatic rings. The molecule has 1 fully saturated rings. The first-order valence-corrected chi connectivity index (χ1v) is 11.1. The smallest absolute Gasteiger partial charge is 0.311 e. The molecule has 0 spiro atoms. The van der Waals surface area contributed by atoms with Gasteiger partial charge in [-0.2, -0.15) is 10.5 Å². The summed E-state index contributed by atoms with van der Waals surface area (Å²) in [5.41, 5.74) is 3.32. The van der Waals surface area contributed by atoms with Crippen LogP contribution < -0.4 is 5.32 Å². The molecule has 3 aromatic carbocycles. The molecular weight excluding hydrogens is 422 g/mol. The van der Waals surface area contributed by atoms with E-state index in [1.54, 1.807) is 6.07 Å². The van der Waals surface area contributed by atoms with Gasteiger partial charge in [0.1, 0.15) is 6.07 Å². The second-order valence-electron chi connectivity index (χ2n) is 8.95. The Labute approximate surface area is 199 Å². The Kier molecular flexibility index (Phi) is 6.48. The fourth-order valence-electron chi connectivity index (χ4n) is 4.26. The highest BCUT2D eigenvalue weighted by Crippen LogP contribution is 2.60. The molecule has 1 aliphatic carbocycles. The first kappa shape index (κ1) is 22.8. The van der Waals surface area contributed by atoms with Gasteiger partial charge in [0.2, 0.25) is 6.10 Å². The Morgan fingerprint density at radius 2 is 1.62 bits per heavy atom. The molecule has 0 aromatic heterocycles. The summed E-state index contributed by atoms with van der Waals surface area (Å²) < 4.78 is 5.66. The van der Waals surface area contributed by atoms with E-state index in [0.717, 1.165) is 16.9 Å². The number of para-hydroxylation sites is 1. The normalized spacial score (nSPS) is 19.2. The Morgan fingerprint density at radius 3 is 2.26 bits per heavy atom. The second kappa shape index (κ2) is 9.65. The molecular formula is C29H25N3O2. The summed E-state index contributed by atoms with van der Waals surface area (Å²) in [6.45, 7) is 3.96. The predicted octanol–water partition coefficient (Wildman–Crippen LogP) is 6.42. The number of allylic oxidation sites excluding steroid dienone is 2. The van der Waals surface area contributed by atoms with Gasteiger partial charge in [-0.25, -0.2) is 0 Å². The van der Waals surface area contributed by atoms with Gasteiger partial charge in [-0.3, -0.25) is 4.79 Å². The van der Waals surface area contributed by atoms with Crippen LogP contribution in [-0.4, -0.2) is 5.97 Å². The van der Waals surface area contributed by atoms with Gasteiger partial charge in [0.05, 0.1) is 17.6 Å². The largest absolute Gasteiger partial charge is 0.442 e. The highest BCUT2D eigenvalue weighted by molar-refractivity contribution is 5.82. The third-order valence-corrected chi connectivity index (χ3v) is 6.32. The predicted molar refractivity (Wildman–Crippen MR) is 131 cm³/mol. The number of ether oxygens (including phenoxy) is 1. The van der Waals surface area contributed by atoms with Crippen molar-refractivity contribution in [3.63, 3.8) is 0 Å². The number of carbonyl (C=O) groups is 1. The summed E-state index contributed by atoms with van der Waals surface area (Å²) >= 11 is 0. The Hall–Kier alpha value is -4.35. The first-order valence-electron chi connectivity index (χ1n) is 11.1. The molecule has 1 N–H and O–H groups in total. The van der Waals surface area contributed by atoms with Crippen LogP contribution in [0.25, 0.3) is 5.57 Å². The maximum atomic E-state index is 13.1. The van der Waals surface area contributed by atoms with Crippen molar-refractivity contribution >= 4 is 22.9 Å². The summed E-state index contributed by atoms with van der Waals surface area (Å²) in [5.74, 6) is -0.981. The number of carbonyl (C=O) groups excluding carboxylic acids is 1. The highest BCUT2D eigenvalue weighted by Gasteiger charge is 2.62. The van der Waals surface area contributed by atoms with E-state index >= 15 is 0 Å². The Morgan fingerprint density at radius 1 is 0.971 bits per heavy atom. The van der Waals surface area contributed by atoms with Crippen LogP contribution in [0.4, 0.5) is 11.4 Å². The van der Waals surface area contributed by atoms with Crippen LogP contribution in [-0.2, 0) is 9.53 Å². The number of hydrogen-bond acceptors (Lipinski definition) is 5. The van der Waals surface area contributed by atoms with E-state index < -0.39 is 18.0 Å². The van der Waals surface area contributed by atoms with Crippen LogP contribution in [0, 0.1) is 39.9 Å². The van der Waals surface area contributed by atoms with Crippen molar-refractivity contribution in [2.75, 3.05) is 5.32 Å². The van der Waals surface area contributed by atoms with Gasteiger partial charge in [-0.05, 0) is 41.2 Å². The number of anilines is 2. The molecule has 168 valence electrons. The third-order valence-electron chi connectivity index (χ3n) is 6.32. The van der Waals surface area contributed by atoms with E-state index in [1.807, 2.05) is 98.8 Å². The van der Waals surface area contributed by atoms with Crippen molar-refractivity contribution in [2.24, 2.45) is 17.3 Å². The number of esters is 1. The minimum absolute atomic E-state index is 0.139. The molecule has 4 rings (SSSR count). The lowest BCUT2D eigenvalue weighted by atomic mass is 10.0. The summed E-state index contributed by atoms with van der Waals surface area (Å²) in [7, 11) is 0. The maximum absolute atomic E-state index is 13.1. The van der Waals surface area contributed by atoms with Gasteiger partial charge in [0, 0.05) is 16.9 Å². The van der Waals surface area contributed by atoms with E-state index in [4.69, 9.17) is 4.74 Å². The number of nitrogens with zero attached hydrogens (tertiary/aromatic N) is 2. The monoisotopic (exact) mass is 447 g/mol. The zero-order chi connectivity index (χ0) is 24.1. The first-order chi connectivity index (χ1) is 16.4. The van der Waals surface area contributed by atoms with Crippen LogP contribution in [0.15, 0.2) is 91.0 Å². The van der Waals surface area contributed by atoms with E-state index in [-0.39, 0.29) is 11.3 Å². The SMILES string of the molecule is CC1(C)C(C=C(C#N)c2ccccc2)C1C(=O)OC(C#N)c1cccc(Nc2ccccc2)c1. The fourth-order valence-corrected chi connectivity index (χ4v) is 4.26. The molecule has 3 atom stereocenters. The van der Waals surface area contributed by atoms with Crippen molar-refractivity contribution in [3.05, 3.63) is 102 Å². The van der Waals surface area contributed by atoms with Crippen LogP contribution in [0.1, 0.15) is 31.1 Å². The lowest BCUT2D eigenvalue weighted by Crippen LogP contribution is -2.14. The van der Waals surface area contributed by atoms with E-state index in [1.165, 1.54) is 0 Å².